The number of fused-ring (bicyclic) bond motifs is 1. The molecule has 0 saturated heterocycles. The Kier molecular flexibility index (Phi) is 2.52. The molecule has 0 amide bonds. The third kappa shape index (κ3) is 1.65. The van der Waals surface area contributed by atoms with Gasteiger partial charge >= 0.3 is 0 Å². The van der Waals surface area contributed by atoms with Crippen LogP contribution in [-0.4, -0.2) is 15.0 Å². The molecule has 0 spiro atoms. The van der Waals surface area contributed by atoms with Gasteiger partial charge in [-0.25, -0.2) is 15.0 Å². The van der Waals surface area contributed by atoms with Gasteiger partial charge in [0.15, 0.2) is 0 Å². The molecule has 5 heteroatoms. The van der Waals surface area contributed by atoms with Crippen LogP contribution in [-0.2, 0) is 6.42 Å². The van der Waals surface area contributed by atoms with E-state index in [4.69, 9.17) is 23.2 Å². The van der Waals surface area contributed by atoms with Gasteiger partial charge in [-0.05, 0) is 30.2 Å². The molecule has 72 valence electrons. The Morgan fingerprint density at radius 3 is 2.64 bits per heavy atom. The molecule has 0 aliphatic rings. The van der Waals surface area contributed by atoms with E-state index in [1.807, 2.05) is 6.92 Å². The first kappa shape index (κ1) is 9.62. The highest BCUT2D eigenvalue weighted by Gasteiger charge is 2.06. The molecule has 2 aromatic rings. The first-order valence-electron chi connectivity index (χ1n) is 4.19. The van der Waals surface area contributed by atoms with Gasteiger partial charge in [0.25, 0.3) is 0 Å². The first-order valence-corrected chi connectivity index (χ1v) is 4.95. The number of aromatic nitrogens is 3. The van der Waals surface area contributed by atoms with E-state index in [0.29, 0.717) is 5.15 Å². The summed E-state index contributed by atoms with van der Waals surface area (Å²) < 4.78 is 0. The number of hydrogen-bond donors (Lipinski definition) is 0. The summed E-state index contributed by atoms with van der Waals surface area (Å²) in [6.45, 7) is 1.99. The highest BCUT2D eigenvalue weighted by Crippen LogP contribution is 2.18. The molecule has 3 nitrogen and oxygen atoms in total. The van der Waals surface area contributed by atoms with E-state index in [1.54, 1.807) is 12.1 Å². The van der Waals surface area contributed by atoms with Crippen LogP contribution in [0.15, 0.2) is 12.1 Å². The molecule has 0 saturated carbocycles. The molecule has 2 rings (SSSR count). The molecular formula is C9H7Cl2N3. The second-order valence-electron chi connectivity index (χ2n) is 2.79. The first-order chi connectivity index (χ1) is 6.70. The smallest absolute Gasteiger partial charge is 0.223 e. The average molecular weight is 228 g/mol. The molecule has 0 unspecified atom stereocenters. The van der Waals surface area contributed by atoms with Crippen molar-refractivity contribution in [3.05, 3.63) is 28.3 Å². The maximum absolute atomic E-state index is 5.79. The molecule has 0 radical (unpaired) electrons. The molecule has 14 heavy (non-hydrogen) atoms. The molecule has 0 aliphatic carbocycles. The molecule has 0 aliphatic heterocycles. The maximum Gasteiger partial charge on any atom is 0.223 e. The van der Waals surface area contributed by atoms with E-state index in [-0.39, 0.29) is 5.28 Å². The van der Waals surface area contributed by atoms with Crippen molar-refractivity contribution < 1.29 is 0 Å². The van der Waals surface area contributed by atoms with E-state index in [9.17, 15) is 0 Å². The van der Waals surface area contributed by atoms with E-state index < -0.39 is 0 Å². The minimum absolute atomic E-state index is 0.249. The second-order valence-corrected chi connectivity index (χ2v) is 3.52. The summed E-state index contributed by atoms with van der Waals surface area (Å²) in [7, 11) is 0. The Balaban J connectivity index is 2.81. The fourth-order valence-electron chi connectivity index (χ4n) is 1.27. The van der Waals surface area contributed by atoms with Crippen LogP contribution in [0.1, 0.15) is 12.6 Å². The van der Waals surface area contributed by atoms with Gasteiger partial charge in [0.2, 0.25) is 5.28 Å². The average Bonchev–Trinajstić information content (AvgIpc) is 2.17. The quantitative estimate of drug-likeness (QED) is 0.556. The molecule has 2 heterocycles. The summed E-state index contributed by atoms with van der Waals surface area (Å²) in [4.78, 5) is 12.3. The predicted molar refractivity (Wildman–Crippen MR) is 56.7 cm³/mol. The van der Waals surface area contributed by atoms with Crippen LogP contribution in [0.5, 0.6) is 0 Å². The topological polar surface area (TPSA) is 38.7 Å². The lowest BCUT2D eigenvalue weighted by Crippen LogP contribution is -1.95. The molecule has 2 aromatic heterocycles. The Morgan fingerprint density at radius 1 is 1.14 bits per heavy atom. The molecule has 0 aromatic carbocycles. The number of nitrogens with zero attached hydrogens (tertiary/aromatic N) is 3. The minimum atomic E-state index is 0.249. The minimum Gasteiger partial charge on any atom is -0.233 e. The zero-order valence-corrected chi connectivity index (χ0v) is 8.97. The number of hydrogen-bond acceptors (Lipinski definition) is 3. The van der Waals surface area contributed by atoms with Crippen molar-refractivity contribution in [2.24, 2.45) is 0 Å². The van der Waals surface area contributed by atoms with Crippen molar-refractivity contribution in [1.82, 2.24) is 15.0 Å². The fraction of sp³-hybridized carbons (Fsp3) is 0.222. The monoisotopic (exact) mass is 227 g/mol. The van der Waals surface area contributed by atoms with Crippen LogP contribution in [0.3, 0.4) is 0 Å². The SMILES string of the molecule is CCc1nc(Cl)nc2ccc(Cl)nc12. The van der Waals surface area contributed by atoms with Crippen LogP contribution < -0.4 is 0 Å². The Morgan fingerprint density at radius 2 is 1.93 bits per heavy atom. The summed E-state index contributed by atoms with van der Waals surface area (Å²) in [5, 5.41) is 0.691. The van der Waals surface area contributed by atoms with Crippen LogP contribution in [0.2, 0.25) is 10.4 Å². The highest BCUT2D eigenvalue weighted by molar-refractivity contribution is 6.30. The van der Waals surface area contributed by atoms with Crippen LogP contribution >= 0.6 is 23.2 Å². The van der Waals surface area contributed by atoms with E-state index >= 15 is 0 Å². The van der Waals surface area contributed by atoms with Crippen molar-refractivity contribution in [3.8, 4) is 0 Å². The largest absolute Gasteiger partial charge is 0.233 e. The lowest BCUT2D eigenvalue weighted by molar-refractivity contribution is 1.02. The number of halogens is 2. The van der Waals surface area contributed by atoms with E-state index in [1.165, 1.54) is 0 Å². The normalized spacial score (nSPS) is 10.8. The van der Waals surface area contributed by atoms with Gasteiger partial charge in [-0.1, -0.05) is 18.5 Å². The van der Waals surface area contributed by atoms with Crippen molar-refractivity contribution in [3.63, 3.8) is 0 Å². The molecule has 0 bridgehead atoms. The van der Waals surface area contributed by atoms with Gasteiger partial charge in [0, 0.05) is 0 Å². The summed E-state index contributed by atoms with van der Waals surface area (Å²) in [5.41, 5.74) is 2.28. The van der Waals surface area contributed by atoms with Gasteiger partial charge in [-0.15, -0.1) is 0 Å². The van der Waals surface area contributed by atoms with Crippen LogP contribution in [0.25, 0.3) is 11.0 Å². The van der Waals surface area contributed by atoms with Gasteiger partial charge < -0.3 is 0 Å². The summed E-state index contributed by atoms with van der Waals surface area (Å²) in [5.74, 6) is 0. The summed E-state index contributed by atoms with van der Waals surface area (Å²) in [6.07, 6.45) is 0.756. The van der Waals surface area contributed by atoms with E-state index in [2.05, 4.69) is 15.0 Å². The van der Waals surface area contributed by atoms with Crippen molar-refractivity contribution >= 4 is 34.2 Å². The highest BCUT2D eigenvalue weighted by atomic mass is 35.5. The lowest BCUT2D eigenvalue weighted by atomic mass is 10.2. The molecule has 0 fully saturated rings. The summed E-state index contributed by atoms with van der Waals surface area (Å²) >= 11 is 11.5. The Labute approximate surface area is 91.1 Å². The van der Waals surface area contributed by atoms with Crippen molar-refractivity contribution in [1.29, 1.82) is 0 Å². The van der Waals surface area contributed by atoms with Gasteiger partial charge in [0.1, 0.15) is 10.7 Å². The number of aryl methyl sites for hydroxylation is 1. The Hall–Kier alpha value is -0.930. The van der Waals surface area contributed by atoms with Gasteiger partial charge in [-0.3, -0.25) is 0 Å². The Bertz CT molecular complexity index is 485. The number of pyridine rings is 1. The third-order valence-electron chi connectivity index (χ3n) is 1.89. The van der Waals surface area contributed by atoms with Crippen LogP contribution in [0.4, 0.5) is 0 Å². The van der Waals surface area contributed by atoms with Gasteiger partial charge in [-0.2, -0.15) is 0 Å². The zero-order chi connectivity index (χ0) is 10.1. The lowest BCUT2D eigenvalue weighted by Gasteiger charge is -2.02. The molecular weight excluding hydrogens is 221 g/mol. The molecule has 0 atom stereocenters. The van der Waals surface area contributed by atoms with Crippen molar-refractivity contribution in [2.45, 2.75) is 13.3 Å². The standard InChI is InChI=1S/C9H7Cl2N3/c1-2-5-8-6(13-9(11)12-5)3-4-7(10)14-8/h3-4H,2H2,1H3. The van der Waals surface area contributed by atoms with Crippen molar-refractivity contribution in [2.75, 3.05) is 0 Å². The predicted octanol–water partition coefficient (Wildman–Crippen LogP) is 2.89. The maximum atomic E-state index is 5.79. The zero-order valence-electron chi connectivity index (χ0n) is 7.46. The third-order valence-corrected chi connectivity index (χ3v) is 2.27. The van der Waals surface area contributed by atoms with E-state index in [0.717, 1.165) is 23.1 Å². The summed E-state index contributed by atoms with van der Waals surface area (Å²) in [6, 6.07) is 3.48. The fourth-order valence-corrected chi connectivity index (χ4v) is 1.61. The number of rotatable bonds is 1. The second kappa shape index (κ2) is 3.67. The van der Waals surface area contributed by atoms with Gasteiger partial charge in [0.05, 0.1) is 11.2 Å². The molecule has 0 N–H and O–H groups in total. The van der Waals surface area contributed by atoms with Crippen LogP contribution in [0, 0.1) is 0 Å².